The van der Waals surface area contributed by atoms with E-state index >= 15 is 0 Å². The molecule has 1 aliphatic carbocycles. The molecular weight excluding hydrogens is 374 g/mol. The van der Waals surface area contributed by atoms with Gasteiger partial charge in [-0.15, -0.1) is 0 Å². The first-order valence-corrected chi connectivity index (χ1v) is 10.9. The SMILES string of the molecule is Cc1c(C(=O)N(C2CC2)[C@H]2CCS(=O)(=O)C2)cnn1-c1cccc(Cl)c1. The Hall–Kier alpha value is -1.86. The minimum atomic E-state index is -3.04. The molecule has 1 aromatic heterocycles. The molecule has 8 heteroatoms. The first-order valence-electron chi connectivity index (χ1n) is 8.69. The lowest BCUT2D eigenvalue weighted by Crippen LogP contribution is -2.42. The summed E-state index contributed by atoms with van der Waals surface area (Å²) in [5, 5.41) is 4.96. The van der Waals surface area contributed by atoms with Crippen LogP contribution in [0, 0.1) is 6.92 Å². The Bertz CT molecular complexity index is 966. The second kappa shape index (κ2) is 6.39. The Kier molecular flexibility index (Phi) is 4.31. The summed E-state index contributed by atoms with van der Waals surface area (Å²) in [4.78, 5) is 15.0. The van der Waals surface area contributed by atoms with Gasteiger partial charge in [-0.3, -0.25) is 4.79 Å². The quantitative estimate of drug-likeness (QED) is 0.800. The summed E-state index contributed by atoms with van der Waals surface area (Å²) < 4.78 is 25.4. The van der Waals surface area contributed by atoms with E-state index in [1.165, 1.54) is 0 Å². The summed E-state index contributed by atoms with van der Waals surface area (Å²) in [6.07, 6.45) is 3.96. The standard InChI is InChI=1S/C18H20ClN3O3S/c1-12-17(10-20-22(12)15-4-2-3-13(19)9-15)18(23)21(14-5-6-14)16-7-8-26(24,25)11-16/h2-4,9-10,14,16H,5-8,11H2,1H3/t16-/m0/s1. The molecule has 1 saturated heterocycles. The average Bonchev–Trinajstić information content (AvgIpc) is 3.24. The van der Waals surface area contributed by atoms with Crippen molar-refractivity contribution >= 4 is 27.3 Å². The Morgan fingerprint density at radius 3 is 2.65 bits per heavy atom. The Balaban J connectivity index is 1.65. The van der Waals surface area contributed by atoms with Crippen LogP contribution in [0.2, 0.25) is 5.02 Å². The van der Waals surface area contributed by atoms with Gasteiger partial charge in [0.05, 0.1) is 34.6 Å². The molecule has 2 fully saturated rings. The number of hydrogen-bond donors (Lipinski definition) is 0. The lowest BCUT2D eigenvalue weighted by molar-refractivity contribution is 0.0680. The number of rotatable bonds is 4. The summed E-state index contributed by atoms with van der Waals surface area (Å²) >= 11 is 6.06. The van der Waals surface area contributed by atoms with Crippen molar-refractivity contribution in [1.82, 2.24) is 14.7 Å². The van der Waals surface area contributed by atoms with E-state index in [9.17, 15) is 13.2 Å². The van der Waals surface area contributed by atoms with Crippen LogP contribution in [0.15, 0.2) is 30.5 Å². The molecule has 1 amide bonds. The Labute approximate surface area is 157 Å². The molecule has 1 aromatic carbocycles. The number of carbonyl (C=O) groups is 1. The summed E-state index contributed by atoms with van der Waals surface area (Å²) in [5.74, 6) is 0.103. The molecule has 0 N–H and O–H groups in total. The zero-order valence-corrected chi connectivity index (χ0v) is 16.0. The number of sulfone groups is 1. The van der Waals surface area contributed by atoms with Crippen LogP contribution in [0.25, 0.3) is 5.69 Å². The second-order valence-corrected chi connectivity index (χ2v) is 9.70. The van der Waals surface area contributed by atoms with Crippen molar-refractivity contribution in [3.63, 3.8) is 0 Å². The molecule has 0 radical (unpaired) electrons. The van der Waals surface area contributed by atoms with E-state index in [-0.39, 0.29) is 29.5 Å². The number of carbonyl (C=O) groups excluding carboxylic acids is 1. The lowest BCUT2D eigenvalue weighted by Gasteiger charge is -2.28. The van der Waals surface area contributed by atoms with E-state index < -0.39 is 9.84 Å². The zero-order valence-electron chi connectivity index (χ0n) is 14.4. The first-order chi connectivity index (χ1) is 12.4. The fourth-order valence-corrected chi connectivity index (χ4v) is 5.50. The topological polar surface area (TPSA) is 72.3 Å². The predicted molar refractivity (Wildman–Crippen MR) is 99.6 cm³/mol. The highest BCUT2D eigenvalue weighted by molar-refractivity contribution is 7.91. The summed E-state index contributed by atoms with van der Waals surface area (Å²) in [7, 11) is -3.04. The molecule has 0 bridgehead atoms. The van der Waals surface area contributed by atoms with Crippen LogP contribution in [-0.4, -0.2) is 52.6 Å². The number of hydrogen-bond acceptors (Lipinski definition) is 4. The van der Waals surface area contributed by atoms with Gasteiger partial charge < -0.3 is 4.90 Å². The molecule has 1 saturated carbocycles. The highest BCUT2D eigenvalue weighted by Gasteiger charge is 2.43. The monoisotopic (exact) mass is 393 g/mol. The lowest BCUT2D eigenvalue weighted by atomic mass is 10.1. The molecule has 1 aliphatic heterocycles. The van der Waals surface area contributed by atoms with E-state index in [0.717, 1.165) is 24.2 Å². The van der Waals surface area contributed by atoms with Crippen molar-refractivity contribution in [3.8, 4) is 5.69 Å². The summed E-state index contributed by atoms with van der Waals surface area (Å²) in [6, 6.07) is 7.20. The minimum absolute atomic E-state index is 0.0662. The molecule has 138 valence electrons. The maximum Gasteiger partial charge on any atom is 0.257 e. The third kappa shape index (κ3) is 3.25. The molecule has 26 heavy (non-hydrogen) atoms. The van der Waals surface area contributed by atoms with E-state index in [1.54, 1.807) is 27.9 Å². The van der Waals surface area contributed by atoms with Gasteiger partial charge in [0.1, 0.15) is 0 Å². The molecule has 2 aromatic rings. The van der Waals surface area contributed by atoms with Crippen LogP contribution < -0.4 is 0 Å². The molecule has 6 nitrogen and oxygen atoms in total. The van der Waals surface area contributed by atoms with Gasteiger partial charge in [0, 0.05) is 17.1 Å². The Morgan fingerprint density at radius 2 is 2.04 bits per heavy atom. The van der Waals surface area contributed by atoms with Crippen LogP contribution in [0.5, 0.6) is 0 Å². The molecule has 0 unspecified atom stereocenters. The number of halogens is 1. The van der Waals surface area contributed by atoms with E-state index in [2.05, 4.69) is 5.10 Å². The van der Waals surface area contributed by atoms with Crippen LogP contribution in [0.4, 0.5) is 0 Å². The smallest absolute Gasteiger partial charge is 0.257 e. The van der Waals surface area contributed by atoms with Crippen molar-refractivity contribution in [1.29, 1.82) is 0 Å². The fourth-order valence-electron chi connectivity index (χ4n) is 3.60. The van der Waals surface area contributed by atoms with E-state index in [0.29, 0.717) is 17.0 Å². The van der Waals surface area contributed by atoms with Gasteiger partial charge in [0.25, 0.3) is 5.91 Å². The maximum atomic E-state index is 13.2. The maximum absolute atomic E-state index is 13.2. The van der Waals surface area contributed by atoms with Gasteiger partial charge >= 0.3 is 0 Å². The van der Waals surface area contributed by atoms with Gasteiger partial charge in [-0.25, -0.2) is 13.1 Å². The number of amides is 1. The normalized spacial score (nSPS) is 21.7. The zero-order chi connectivity index (χ0) is 18.5. The summed E-state index contributed by atoms with van der Waals surface area (Å²) in [5.41, 5.74) is 2.03. The van der Waals surface area contributed by atoms with Crippen molar-refractivity contribution < 1.29 is 13.2 Å². The van der Waals surface area contributed by atoms with Crippen molar-refractivity contribution in [2.45, 2.75) is 38.3 Å². The largest absolute Gasteiger partial charge is 0.332 e. The van der Waals surface area contributed by atoms with Crippen LogP contribution in [-0.2, 0) is 9.84 Å². The summed E-state index contributed by atoms with van der Waals surface area (Å²) in [6.45, 7) is 1.84. The second-order valence-electron chi connectivity index (χ2n) is 7.04. The molecule has 0 spiro atoms. The fraction of sp³-hybridized carbons (Fsp3) is 0.444. The molecular formula is C18H20ClN3O3S. The molecule has 1 atom stereocenters. The van der Waals surface area contributed by atoms with Gasteiger partial charge in [0.15, 0.2) is 9.84 Å². The minimum Gasteiger partial charge on any atom is -0.332 e. The molecule has 2 heterocycles. The number of aromatic nitrogens is 2. The van der Waals surface area contributed by atoms with Crippen molar-refractivity contribution in [3.05, 3.63) is 46.7 Å². The van der Waals surface area contributed by atoms with Gasteiger partial charge in [0.2, 0.25) is 0 Å². The van der Waals surface area contributed by atoms with E-state index in [4.69, 9.17) is 11.6 Å². The van der Waals surface area contributed by atoms with Crippen molar-refractivity contribution in [2.75, 3.05) is 11.5 Å². The average molecular weight is 394 g/mol. The van der Waals surface area contributed by atoms with Crippen molar-refractivity contribution in [2.24, 2.45) is 0 Å². The number of benzene rings is 1. The Morgan fingerprint density at radius 1 is 1.27 bits per heavy atom. The predicted octanol–water partition coefficient (Wildman–Crippen LogP) is 2.63. The van der Waals surface area contributed by atoms with Gasteiger partial charge in [-0.2, -0.15) is 5.10 Å². The van der Waals surface area contributed by atoms with Crippen LogP contribution in [0.3, 0.4) is 0 Å². The third-order valence-electron chi connectivity index (χ3n) is 5.07. The highest BCUT2D eigenvalue weighted by atomic mass is 35.5. The first kappa shape index (κ1) is 17.5. The van der Waals surface area contributed by atoms with Gasteiger partial charge in [-0.1, -0.05) is 17.7 Å². The third-order valence-corrected chi connectivity index (χ3v) is 7.05. The molecule has 2 aliphatic rings. The molecule has 4 rings (SSSR count). The van der Waals surface area contributed by atoms with E-state index in [1.807, 2.05) is 19.1 Å². The van der Waals surface area contributed by atoms with Crippen LogP contribution in [0.1, 0.15) is 35.3 Å². The van der Waals surface area contributed by atoms with Gasteiger partial charge in [-0.05, 0) is 44.4 Å². The number of nitrogens with zero attached hydrogens (tertiary/aromatic N) is 3. The highest BCUT2D eigenvalue weighted by Crippen LogP contribution is 2.34. The van der Waals surface area contributed by atoms with Crippen LogP contribution >= 0.6 is 11.6 Å².